The molecule has 0 atom stereocenters. The minimum atomic E-state index is -0.642. The summed E-state index contributed by atoms with van der Waals surface area (Å²) in [7, 11) is 0. The van der Waals surface area contributed by atoms with Gasteiger partial charge in [-0.3, -0.25) is 10.1 Å². The minimum Gasteiger partial charge on any atom is -0.444 e. The highest BCUT2D eigenvalue weighted by Crippen LogP contribution is 2.19. The maximum Gasteiger partial charge on any atom is 0.413 e. The number of carbonyl (C=O) groups is 2. The predicted octanol–water partition coefficient (Wildman–Crippen LogP) is 1.87. The largest absolute Gasteiger partial charge is 0.444 e. The van der Waals surface area contributed by atoms with Gasteiger partial charge >= 0.3 is 6.09 Å². The summed E-state index contributed by atoms with van der Waals surface area (Å²) in [5.41, 5.74) is -0.755. The van der Waals surface area contributed by atoms with Crippen molar-refractivity contribution in [3.63, 3.8) is 0 Å². The number of hydrogen-bond donors (Lipinski definition) is 2. The lowest BCUT2D eigenvalue weighted by atomic mass is 10.2. The number of aromatic nitrogens is 1. The lowest BCUT2D eigenvalue weighted by Gasteiger charge is -2.18. The van der Waals surface area contributed by atoms with E-state index in [1.54, 1.807) is 20.8 Å². The van der Waals surface area contributed by atoms with Crippen LogP contribution in [0, 0.1) is 0 Å². The zero-order valence-corrected chi connectivity index (χ0v) is 10.9. The summed E-state index contributed by atoms with van der Waals surface area (Å²) in [4.78, 5) is 26.2. The Labute approximate surface area is 107 Å². The molecule has 0 aromatic carbocycles. The van der Waals surface area contributed by atoms with Gasteiger partial charge in [-0.2, -0.15) is 0 Å². The number of carbonyl (C=O) groups excluding carboxylic acids is 2. The highest BCUT2D eigenvalue weighted by molar-refractivity contribution is 7.18. The molecule has 0 saturated heterocycles. The van der Waals surface area contributed by atoms with E-state index in [0.717, 1.165) is 11.3 Å². The summed E-state index contributed by atoms with van der Waals surface area (Å²) in [6.07, 6.45) is 1.07. The summed E-state index contributed by atoms with van der Waals surface area (Å²) < 4.78 is 5.03. The Morgan fingerprint density at radius 1 is 1.61 bits per heavy atom. The molecule has 0 aliphatic rings. The zero-order valence-electron chi connectivity index (χ0n) is 10.1. The smallest absolute Gasteiger partial charge is 0.413 e. The van der Waals surface area contributed by atoms with E-state index in [0.29, 0.717) is 11.2 Å². The molecule has 1 aromatic rings. The fraction of sp³-hybridized carbons (Fsp3) is 0.400. The highest BCUT2D eigenvalue weighted by atomic mass is 32.1. The molecule has 0 bridgehead atoms. The van der Waals surface area contributed by atoms with Crippen molar-refractivity contribution in [2.75, 3.05) is 5.32 Å². The Balaban J connectivity index is 2.70. The van der Waals surface area contributed by atoms with Crippen molar-refractivity contribution in [1.29, 1.82) is 0 Å². The van der Waals surface area contributed by atoms with Crippen LogP contribution < -0.4 is 5.32 Å². The van der Waals surface area contributed by atoms with Gasteiger partial charge in [0.05, 0.1) is 4.88 Å². The SMILES string of the molecule is CC(C)(C)OC(=O)Nc1ncc(/C(C=O)=N/O)s1. The van der Waals surface area contributed by atoms with Crippen LogP contribution in [-0.2, 0) is 9.53 Å². The number of nitrogens with one attached hydrogen (secondary N) is 1. The van der Waals surface area contributed by atoms with Gasteiger partial charge in [-0.15, -0.1) is 0 Å². The molecule has 0 aliphatic heterocycles. The van der Waals surface area contributed by atoms with Crippen LogP contribution in [0.15, 0.2) is 11.4 Å². The van der Waals surface area contributed by atoms with Crippen LogP contribution >= 0.6 is 11.3 Å². The third kappa shape index (κ3) is 4.13. The van der Waals surface area contributed by atoms with Crippen molar-refractivity contribution >= 4 is 34.6 Å². The predicted molar refractivity (Wildman–Crippen MR) is 66.4 cm³/mol. The van der Waals surface area contributed by atoms with E-state index in [9.17, 15) is 9.59 Å². The van der Waals surface area contributed by atoms with Crippen molar-refractivity contribution in [1.82, 2.24) is 4.98 Å². The van der Waals surface area contributed by atoms with Gasteiger partial charge in [-0.25, -0.2) is 9.78 Å². The molecule has 2 N–H and O–H groups in total. The van der Waals surface area contributed by atoms with E-state index in [1.807, 2.05) is 0 Å². The fourth-order valence-electron chi connectivity index (χ4n) is 0.972. The normalized spacial score (nSPS) is 12.1. The second-order valence-electron chi connectivity index (χ2n) is 4.26. The van der Waals surface area contributed by atoms with Crippen molar-refractivity contribution in [3.05, 3.63) is 11.1 Å². The third-order valence-electron chi connectivity index (χ3n) is 1.59. The molecule has 18 heavy (non-hydrogen) atoms. The molecule has 98 valence electrons. The van der Waals surface area contributed by atoms with E-state index >= 15 is 0 Å². The average Bonchev–Trinajstić information content (AvgIpc) is 2.65. The van der Waals surface area contributed by atoms with E-state index in [4.69, 9.17) is 9.94 Å². The van der Waals surface area contributed by atoms with Crippen LogP contribution in [0.4, 0.5) is 9.93 Å². The van der Waals surface area contributed by atoms with E-state index in [-0.39, 0.29) is 10.8 Å². The molecule has 1 rings (SSSR count). The summed E-state index contributed by atoms with van der Waals surface area (Å²) >= 11 is 0.999. The lowest BCUT2D eigenvalue weighted by molar-refractivity contribution is -0.102. The number of anilines is 1. The topological polar surface area (TPSA) is 101 Å². The second kappa shape index (κ2) is 5.58. The minimum absolute atomic E-state index is 0.148. The molecule has 7 nitrogen and oxygen atoms in total. The summed E-state index contributed by atoms with van der Waals surface area (Å²) in [6.45, 7) is 5.22. The van der Waals surface area contributed by atoms with Gasteiger partial charge in [0.25, 0.3) is 0 Å². The molecule has 0 spiro atoms. The summed E-state index contributed by atoms with van der Waals surface area (Å²) in [5.74, 6) is 0. The maximum atomic E-state index is 11.4. The Hall–Kier alpha value is -1.96. The third-order valence-corrected chi connectivity index (χ3v) is 2.52. The van der Waals surface area contributed by atoms with Crippen molar-refractivity contribution in [2.24, 2.45) is 5.16 Å². The van der Waals surface area contributed by atoms with Gasteiger partial charge in [0.2, 0.25) is 0 Å². The van der Waals surface area contributed by atoms with Crippen molar-refractivity contribution in [3.8, 4) is 0 Å². The second-order valence-corrected chi connectivity index (χ2v) is 5.29. The van der Waals surface area contributed by atoms with Gasteiger partial charge in [-0.1, -0.05) is 16.5 Å². The number of hydrogen-bond acceptors (Lipinski definition) is 7. The van der Waals surface area contributed by atoms with Gasteiger partial charge in [0, 0.05) is 6.20 Å². The number of oxime groups is 1. The van der Waals surface area contributed by atoms with Crippen LogP contribution in [0.3, 0.4) is 0 Å². The van der Waals surface area contributed by atoms with Crippen LogP contribution in [-0.4, -0.2) is 33.9 Å². The first kappa shape index (κ1) is 14.1. The van der Waals surface area contributed by atoms with E-state index in [1.165, 1.54) is 6.20 Å². The van der Waals surface area contributed by atoms with Gasteiger partial charge in [0.1, 0.15) is 5.60 Å². The van der Waals surface area contributed by atoms with Gasteiger partial charge in [0.15, 0.2) is 17.1 Å². The first-order valence-corrected chi connectivity index (χ1v) is 5.81. The standard InChI is InChI=1S/C10H13N3O4S/c1-10(2,3)17-9(15)12-8-11-4-7(18-8)6(5-14)13-16/h4-5,16H,1-3H3,(H,11,12,15)/b13-6+. The Morgan fingerprint density at radius 2 is 2.28 bits per heavy atom. The molecule has 0 fully saturated rings. The Bertz CT molecular complexity index is 476. The summed E-state index contributed by atoms with van der Waals surface area (Å²) in [5, 5.41) is 14.0. The fourth-order valence-corrected chi connectivity index (χ4v) is 1.72. The number of ether oxygens (including phenoxy) is 1. The molecule has 0 radical (unpaired) electrons. The number of nitrogens with zero attached hydrogens (tertiary/aromatic N) is 2. The molecule has 1 amide bonds. The van der Waals surface area contributed by atoms with E-state index in [2.05, 4.69) is 15.5 Å². The van der Waals surface area contributed by atoms with Crippen molar-refractivity contribution < 1.29 is 19.5 Å². The summed E-state index contributed by atoms with van der Waals surface area (Å²) in [6, 6.07) is 0. The zero-order chi connectivity index (χ0) is 13.8. The van der Waals surface area contributed by atoms with Crippen LogP contribution in [0.2, 0.25) is 0 Å². The van der Waals surface area contributed by atoms with Crippen LogP contribution in [0.25, 0.3) is 0 Å². The van der Waals surface area contributed by atoms with Crippen molar-refractivity contribution in [2.45, 2.75) is 26.4 Å². The Kier molecular flexibility index (Phi) is 4.38. The number of thiazole rings is 1. The molecule has 1 heterocycles. The number of aldehydes is 1. The molecule has 0 unspecified atom stereocenters. The first-order chi connectivity index (χ1) is 8.35. The van der Waals surface area contributed by atoms with Crippen LogP contribution in [0.1, 0.15) is 25.6 Å². The molecule has 1 aromatic heterocycles. The molecule has 0 aliphatic carbocycles. The molecular formula is C10H13N3O4S. The van der Waals surface area contributed by atoms with Gasteiger partial charge in [-0.05, 0) is 20.8 Å². The maximum absolute atomic E-state index is 11.4. The average molecular weight is 271 g/mol. The van der Waals surface area contributed by atoms with E-state index < -0.39 is 11.7 Å². The molecule has 8 heteroatoms. The number of amides is 1. The molecule has 0 saturated carbocycles. The van der Waals surface area contributed by atoms with Crippen LogP contribution in [0.5, 0.6) is 0 Å². The molecular weight excluding hydrogens is 258 g/mol. The van der Waals surface area contributed by atoms with Gasteiger partial charge < -0.3 is 9.94 Å². The first-order valence-electron chi connectivity index (χ1n) is 4.99. The highest BCUT2D eigenvalue weighted by Gasteiger charge is 2.17. The quantitative estimate of drug-likeness (QED) is 0.378. The number of rotatable bonds is 3. The Morgan fingerprint density at radius 3 is 2.78 bits per heavy atom. The lowest BCUT2D eigenvalue weighted by Crippen LogP contribution is -2.27. The monoisotopic (exact) mass is 271 g/mol.